The number of nitrogens with zero attached hydrogens (tertiary/aromatic N) is 3. The molecule has 150 valence electrons. The predicted octanol–water partition coefficient (Wildman–Crippen LogP) is 3.34. The number of rotatable bonds is 3. The number of amides is 1. The quantitative estimate of drug-likeness (QED) is 0.640. The molecule has 2 aromatic carbocycles. The maximum atomic E-state index is 13.1. The van der Waals surface area contributed by atoms with E-state index in [4.69, 9.17) is 11.6 Å². The number of sulfonamides is 1. The lowest BCUT2D eigenvalue weighted by Crippen LogP contribution is -2.50. The SMILES string of the molecule is Cc1cc(C(=O)N2CCN(S(=O)(=O)c3cccc(Cl)c3)CC2)c2ccccc2n1. The lowest BCUT2D eigenvalue weighted by atomic mass is 10.1. The number of aromatic nitrogens is 1. The second kappa shape index (κ2) is 7.74. The molecule has 1 aromatic heterocycles. The molecular weight excluding hydrogens is 410 g/mol. The van der Waals surface area contributed by atoms with Crippen molar-refractivity contribution < 1.29 is 13.2 Å². The number of hydrogen-bond donors (Lipinski definition) is 0. The lowest BCUT2D eigenvalue weighted by Gasteiger charge is -2.34. The lowest BCUT2D eigenvalue weighted by molar-refractivity contribution is 0.0699. The molecule has 2 heterocycles. The molecule has 0 radical (unpaired) electrons. The van der Waals surface area contributed by atoms with Crippen molar-refractivity contribution in [1.82, 2.24) is 14.2 Å². The average molecular weight is 430 g/mol. The number of halogens is 1. The summed E-state index contributed by atoms with van der Waals surface area (Å²) >= 11 is 5.94. The molecule has 1 amide bonds. The fourth-order valence-corrected chi connectivity index (χ4v) is 5.29. The number of piperazine rings is 1. The molecule has 0 aliphatic carbocycles. The van der Waals surface area contributed by atoms with Gasteiger partial charge in [-0.1, -0.05) is 35.9 Å². The van der Waals surface area contributed by atoms with Crippen molar-refractivity contribution in [3.63, 3.8) is 0 Å². The summed E-state index contributed by atoms with van der Waals surface area (Å²) in [7, 11) is -3.64. The second-order valence-corrected chi connectivity index (χ2v) is 9.36. The van der Waals surface area contributed by atoms with Gasteiger partial charge in [0.1, 0.15) is 0 Å². The number of para-hydroxylation sites is 1. The first kappa shape index (κ1) is 19.8. The monoisotopic (exact) mass is 429 g/mol. The molecule has 8 heteroatoms. The van der Waals surface area contributed by atoms with Gasteiger partial charge in [0.15, 0.2) is 0 Å². The van der Waals surface area contributed by atoms with Crippen LogP contribution in [0.15, 0.2) is 59.5 Å². The van der Waals surface area contributed by atoms with Crippen LogP contribution in [0.5, 0.6) is 0 Å². The number of benzene rings is 2. The summed E-state index contributed by atoms with van der Waals surface area (Å²) in [4.78, 5) is 19.5. The topological polar surface area (TPSA) is 70.6 Å². The summed E-state index contributed by atoms with van der Waals surface area (Å²) in [6, 6.07) is 15.6. The standard InChI is InChI=1S/C21H20ClN3O3S/c1-15-13-19(18-7-2-3-8-20(18)23-15)21(26)24-9-11-25(12-10-24)29(27,28)17-6-4-5-16(22)14-17/h2-8,13-14H,9-12H2,1H3. The largest absolute Gasteiger partial charge is 0.336 e. The molecular formula is C21H20ClN3O3S. The predicted molar refractivity (Wildman–Crippen MR) is 113 cm³/mol. The van der Waals surface area contributed by atoms with Crippen LogP contribution in [0.3, 0.4) is 0 Å². The van der Waals surface area contributed by atoms with E-state index in [0.717, 1.165) is 16.6 Å². The van der Waals surface area contributed by atoms with Crippen molar-refractivity contribution in [2.24, 2.45) is 0 Å². The molecule has 0 spiro atoms. The van der Waals surface area contributed by atoms with E-state index in [2.05, 4.69) is 4.98 Å². The Morgan fingerprint density at radius 1 is 1.00 bits per heavy atom. The highest BCUT2D eigenvalue weighted by Crippen LogP contribution is 2.23. The number of carbonyl (C=O) groups excluding carboxylic acids is 1. The maximum Gasteiger partial charge on any atom is 0.254 e. The van der Waals surface area contributed by atoms with Crippen LogP contribution < -0.4 is 0 Å². The Balaban J connectivity index is 1.54. The second-order valence-electron chi connectivity index (χ2n) is 6.98. The number of pyridine rings is 1. The maximum absolute atomic E-state index is 13.1. The molecule has 1 saturated heterocycles. The third-order valence-electron chi connectivity index (χ3n) is 5.03. The molecule has 0 unspecified atom stereocenters. The zero-order chi connectivity index (χ0) is 20.6. The van der Waals surface area contributed by atoms with Crippen LogP contribution in [0.25, 0.3) is 10.9 Å². The summed E-state index contributed by atoms with van der Waals surface area (Å²) in [6.07, 6.45) is 0. The molecule has 4 rings (SSSR count). The van der Waals surface area contributed by atoms with Crippen molar-refractivity contribution in [2.45, 2.75) is 11.8 Å². The fraction of sp³-hybridized carbons (Fsp3) is 0.238. The molecule has 0 N–H and O–H groups in total. The normalized spacial score (nSPS) is 15.6. The highest BCUT2D eigenvalue weighted by atomic mass is 35.5. The Labute approximate surface area is 174 Å². The van der Waals surface area contributed by atoms with Gasteiger partial charge in [-0.25, -0.2) is 8.42 Å². The van der Waals surface area contributed by atoms with Crippen molar-refractivity contribution in [1.29, 1.82) is 0 Å². The van der Waals surface area contributed by atoms with E-state index in [0.29, 0.717) is 23.7 Å². The first-order chi connectivity index (χ1) is 13.9. The number of hydrogen-bond acceptors (Lipinski definition) is 4. The van der Waals surface area contributed by atoms with Gasteiger partial charge in [-0.05, 0) is 37.3 Å². The molecule has 1 aliphatic heterocycles. The number of carbonyl (C=O) groups is 1. The van der Waals surface area contributed by atoms with Gasteiger partial charge in [0.2, 0.25) is 10.0 Å². The van der Waals surface area contributed by atoms with E-state index in [1.54, 1.807) is 23.1 Å². The van der Waals surface area contributed by atoms with E-state index >= 15 is 0 Å². The molecule has 6 nitrogen and oxygen atoms in total. The number of aryl methyl sites for hydroxylation is 1. The molecule has 3 aromatic rings. The van der Waals surface area contributed by atoms with Gasteiger partial charge in [-0.2, -0.15) is 4.31 Å². The summed E-state index contributed by atoms with van der Waals surface area (Å²) in [5.74, 6) is -0.105. The van der Waals surface area contributed by atoms with Crippen LogP contribution in [0.2, 0.25) is 5.02 Å². The van der Waals surface area contributed by atoms with Gasteiger partial charge >= 0.3 is 0 Å². The van der Waals surface area contributed by atoms with Crippen LogP contribution in [-0.2, 0) is 10.0 Å². The van der Waals surface area contributed by atoms with Gasteiger partial charge in [0.05, 0.1) is 16.0 Å². The Morgan fingerprint density at radius 2 is 1.72 bits per heavy atom. The smallest absolute Gasteiger partial charge is 0.254 e. The minimum Gasteiger partial charge on any atom is -0.336 e. The third-order valence-corrected chi connectivity index (χ3v) is 7.16. The summed E-state index contributed by atoms with van der Waals surface area (Å²) in [5, 5.41) is 1.18. The van der Waals surface area contributed by atoms with Crippen molar-refractivity contribution in [3.05, 3.63) is 70.9 Å². The van der Waals surface area contributed by atoms with Crippen molar-refractivity contribution >= 4 is 38.4 Å². The van der Waals surface area contributed by atoms with E-state index in [-0.39, 0.29) is 23.9 Å². The van der Waals surface area contributed by atoms with Gasteiger partial charge < -0.3 is 4.90 Å². The first-order valence-corrected chi connectivity index (χ1v) is 11.1. The van der Waals surface area contributed by atoms with Gasteiger partial charge in [0.25, 0.3) is 5.91 Å². The summed E-state index contributed by atoms with van der Waals surface area (Å²) < 4.78 is 27.1. The summed E-state index contributed by atoms with van der Waals surface area (Å²) in [6.45, 7) is 2.99. The van der Waals surface area contributed by atoms with Crippen LogP contribution in [0.1, 0.15) is 16.1 Å². The molecule has 1 fully saturated rings. The van der Waals surface area contributed by atoms with Crippen LogP contribution in [0.4, 0.5) is 0 Å². The van der Waals surface area contributed by atoms with Gasteiger partial charge in [-0.3, -0.25) is 9.78 Å². The Hall–Kier alpha value is -2.48. The molecule has 1 aliphatic rings. The third kappa shape index (κ3) is 3.85. The highest BCUT2D eigenvalue weighted by Gasteiger charge is 2.31. The van der Waals surface area contributed by atoms with Crippen molar-refractivity contribution in [2.75, 3.05) is 26.2 Å². The fourth-order valence-electron chi connectivity index (χ4n) is 3.56. The molecule has 0 atom stereocenters. The zero-order valence-corrected chi connectivity index (χ0v) is 17.4. The zero-order valence-electron chi connectivity index (χ0n) is 15.9. The minimum atomic E-state index is -3.64. The van der Waals surface area contributed by atoms with E-state index in [9.17, 15) is 13.2 Å². The Morgan fingerprint density at radius 3 is 2.45 bits per heavy atom. The molecule has 0 saturated carbocycles. The molecule has 29 heavy (non-hydrogen) atoms. The van der Waals surface area contributed by atoms with Crippen LogP contribution in [-0.4, -0.2) is 54.7 Å². The van der Waals surface area contributed by atoms with Crippen LogP contribution in [0, 0.1) is 6.92 Å². The van der Waals surface area contributed by atoms with E-state index in [1.807, 2.05) is 31.2 Å². The van der Waals surface area contributed by atoms with E-state index < -0.39 is 10.0 Å². The number of fused-ring (bicyclic) bond motifs is 1. The van der Waals surface area contributed by atoms with Crippen molar-refractivity contribution in [3.8, 4) is 0 Å². The van der Waals surface area contributed by atoms with E-state index in [1.165, 1.54) is 16.4 Å². The van der Waals surface area contributed by atoms with Crippen LogP contribution >= 0.6 is 11.6 Å². The van der Waals surface area contributed by atoms with Gasteiger partial charge in [-0.15, -0.1) is 0 Å². The Bertz CT molecular complexity index is 1190. The first-order valence-electron chi connectivity index (χ1n) is 9.27. The van der Waals surface area contributed by atoms with Gasteiger partial charge in [0, 0.05) is 42.3 Å². The minimum absolute atomic E-state index is 0.105. The average Bonchev–Trinajstić information content (AvgIpc) is 2.72. The summed E-state index contributed by atoms with van der Waals surface area (Å²) in [5.41, 5.74) is 2.14. The molecule has 0 bridgehead atoms. The Kier molecular flexibility index (Phi) is 5.29. The highest BCUT2D eigenvalue weighted by molar-refractivity contribution is 7.89.